The Kier molecular flexibility index (Phi) is 5.82. The Balaban J connectivity index is 2.57. The second kappa shape index (κ2) is 7.84. The lowest BCUT2D eigenvalue weighted by Crippen LogP contribution is -1.95. The van der Waals surface area contributed by atoms with Crippen LogP contribution in [0.15, 0.2) is 48.1 Å². The van der Waals surface area contributed by atoms with Gasteiger partial charge in [-0.15, -0.1) is 0 Å². The maximum atomic E-state index is 8.97. The SMILES string of the molecule is C/C=C\C(C)c1[nH]c(-c2ccc(C#N)cc2)cc1/C(C)=C(/C)CC. The molecule has 0 spiro atoms. The maximum absolute atomic E-state index is 8.97. The van der Waals surface area contributed by atoms with Gasteiger partial charge in [-0.25, -0.2) is 0 Å². The minimum absolute atomic E-state index is 0.330. The van der Waals surface area contributed by atoms with Crippen LogP contribution in [0.4, 0.5) is 0 Å². The minimum atomic E-state index is 0.330. The minimum Gasteiger partial charge on any atom is -0.357 e. The molecule has 2 nitrogen and oxygen atoms in total. The number of nitriles is 1. The summed E-state index contributed by atoms with van der Waals surface area (Å²) < 4.78 is 0. The summed E-state index contributed by atoms with van der Waals surface area (Å²) in [5.74, 6) is 0.330. The third kappa shape index (κ3) is 3.68. The molecule has 1 aromatic carbocycles. The van der Waals surface area contributed by atoms with Crippen molar-refractivity contribution in [1.29, 1.82) is 5.26 Å². The van der Waals surface area contributed by atoms with Crippen LogP contribution < -0.4 is 0 Å². The highest BCUT2D eigenvalue weighted by Gasteiger charge is 2.16. The average Bonchev–Trinajstić information content (AvgIpc) is 3.06. The molecule has 0 radical (unpaired) electrons. The number of allylic oxidation sites excluding steroid dienone is 4. The molecular formula is C22H26N2. The monoisotopic (exact) mass is 318 g/mol. The molecule has 0 amide bonds. The molecule has 0 aliphatic carbocycles. The lowest BCUT2D eigenvalue weighted by Gasteiger charge is -2.11. The molecule has 0 aliphatic heterocycles. The zero-order chi connectivity index (χ0) is 17.7. The zero-order valence-corrected chi connectivity index (χ0v) is 15.3. The Hall–Kier alpha value is -2.53. The van der Waals surface area contributed by atoms with E-state index in [1.165, 1.54) is 22.4 Å². The van der Waals surface area contributed by atoms with Crippen LogP contribution in [-0.4, -0.2) is 4.98 Å². The van der Waals surface area contributed by atoms with Crippen molar-refractivity contribution in [3.63, 3.8) is 0 Å². The largest absolute Gasteiger partial charge is 0.357 e. The van der Waals surface area contributed by atoms with Crippen LogP contribution in [-0.2, 0) is 0 Å². The highest BCUT2D eigenvalue weighted by molar-refractivity contribution is 5.75. The Morgan fingerprint density at radius 1 is 1.25 bits per heavy atom. The van der Waals surface area contributed by atoms with E-state index in [4.69, 9.17) is 5.26 Å². The lowest BCUT2D eigenvalue weighted by molar-refractivity contribution is 0.914. The van der Waals surface area contributed by atoms with Crippen molar-refractivity contribution in [3.05, 3.63) is 64.9 Å². The number of hydrogen-bond donors (Lipinski definition) is 1. The van der Waals surface area contributed by atoms with E-state index >= 15 is 0 Å². The van der Waals surface area contributed by atoms with Crippen molar-refractivity contribution in [2.75, 3.05) is 0 Å². The number of rotatable bonds is 5. The summed E-state index contributed by atoms with van der Waals surface area (Å²) in [6, 6.07) is 12.2. The number of nitrogens with zero attached hydrogens (tertiary/aromatic N) is 1. The number of aromatic amines is 1. The molecule has 1 atom stereocenters. The summed E-state index contributed by atoms with van der Waals surface area (Å²) in [6.07, 6.45) is 5.37. The van der Waals surface area contributed by atoms with E-state index in [-0.39, 0.29) is 0 Å². The van der Waals surface area contributed by atoms with Crippen molar-refractivity contribution >= 4 is 5.57 Å². The molecule has 1 heterocycles. The normalized spacial score (nSPS) is 13.7. The Bertz CT molecular complexity index is 795. The van der Waals surface area contributed by atoms with Crippen LogP contribution in [0.1, 0.15) is 63.8 Å². The first kappa shape index (κ1) is 17.8. The first-order valence-corrected chi connectivity index (χ1v) is 8.54. The van der Waals surface area contributed by atoms with E-state index in [9.17, 15) is 0 Å². The number of aromatic nitrogens is 1. The lowest BCUT2D eigenvalue weighted by atomic mass is 9.95. The number of H-pyrrole nitrogens is 1. The molecule has 2 aromatic rings. The predicted octanol–water partition coefficient (Wildman–Crippen LogP) is 6.44. The average molecular weight is 318 g/mol. The fourth-order valence-corrected chi connectivity index (χ4v) is 2.90. The molecule has 0 bridgehead atoms. The molecule has 24 heavy (non-hydrogen) atoms. The van der Waals surface area contributed by atoms with Crippen LogP contribution in [0.5, 0.6) is 0 Å². The second-order valence-electron chi connectivity index (χ2n) is 6.27. The Labute approximate surface area is 145 Å². The fraction of sp³-hybridized carbons (Fsp3) is 0.318. The van der Waals surface area contributed by atoms with Crippen LogP contribution in [0.3, 0.4) is 0 Å². The van der Waals surface area contributed by atoms with E-state index in [2.05, 4.69) is 63.9 Å². The molecule has 0 saturated carbocycles. The molecular weight excluding hydrogens is 292 g/mol. The third-order valence-electron chi connectivity index (χ3n) is 4.68. The van der Waals surface area contributed by atoms with Crippen molar-refractivity contribution in [3.8, 4) is 17.3 Å². The number of hydrogen-bond acceptors (Lipinski definition) is 1. The standard InChI is InChI=1S/C22H26N2/c1-6-8-16(4)22-20(17(5)15(3)7-2)13-21(24-22)19-11-9-18(14-23)10-12-19/h6,8-13,16,24H,7H2,1-5H3/b8-6-,17-15-. The third-order valence-corrected chi connectivity index (χ3v) is 4.68. The van der Waals surface area contributed by atoms with E-state index in [1.807, 2.05) is 24.3 Å². The molecule has 0 saturated heterocycles. The Morgan fingerprint density at radius 3 is 2.46 bits per heavy atom. The fourth-order valence-electron chi connectivity index (χ4n) is 2.90. The predicted molar refractivity (Wildman–Crippen MR) is 103 cm³/mol. The van der Waals surface area contributed by atoms with Crippen LogP contribution in [0, 0.1) is 11.3 Å². The second-order valence-corrected chi connectivity index (χ2v) is 6.27. The summed E-state index contributed by atoms with van der Waals surface area (Å²) in [5.41, 5.74) is 8.19. The van der Waals surface area contributed by atoms with E-state index < -0.39 is 0 Å². The zero-order valence-electron chi connectivity index (χ0n) is 15.3. The summed E-state index contributed by atoms with van der Waals surface area (Å²) in [4.78, 5) is 3.61. The van der Waals surface area contributed by atoms with Crippen molar-refractivity contribution in [2.45, 2.75) is 47.0 Å². The molecule has 2 rings (SSSR count). The van der Waals surface area contributed by atoms with E-state index in [0.717, 1.165) is 17.7 Å². The van der Waals surface area contributed by atoms with Gasteiger partial charge in [0.2, 0.25) is 0 Å². The van der Waals surface area contributed by atoms with Gasteiger partial charge in [0.1, 0.15) is 0 Å². The molecule has 2 heteroatoms. The summed E-state index contributed by atoms with van der Waals surface area (Å²) in [5, 5.41) is 8.97. The van der Waals surface area contributed by atoms with Crippen molar-refractivity contribution < 1.29 is 0 Å². The van der Waals surface area contributed by atoms with Gasteiger partial charge in [0, 0.05) is 17.3 Å². The van der Waals surface area contributed by atoms with Gasteiger partial charge in [-0.05, 0) is 62.1 Å². The van der Waals surface area contributed by atoms with Gasteiger partial charge < -0.3 is 4.98 Å². The summed E-state index contributed by atoms with van der Waals surface area (Å²) in [6.45, 7) is 10.9. The number of nitrogens with one attached hydrogen (secondary N) is 1. The van der Waals surface area contributed by atoms with Crippen molar-refractivity contribution in [2.24, 2.45) is 0 Å². The van der Waals surface area contributed by atoms with Gasteiger partial charge in [0.15, 0.2) is 0 Å². The summed E-state index contributed by atoms with van der Waals surface area (Å²) in [7, 11) is 0. The summed E-state index contributed by atoms with van der Waals surface area (Å²) >= 11 is 0. The van der Waals surface area contributed by atoms with Gasteiger partial charge >= 0.3 is 0 Å². The van der Waals surface area contributed by atoms with Crippen molar-refractivity contribution in [1.82, 2.24) is 4.98 Å². The molecule has 1 aromatic heterocycles. The van der Waals surface area contributed by atoms with Crippen LogP contribution in [0.25, 0.3) is 16.8 Å². The van der Waals surface area contributed by atoms with Crippen LogP contribution >= 0.6 is 0 Å². The first-order chi connectivity index (χ1) is 11.5. The van der Waals surface area contributed by atoms with E-state index in [1.54, 1.807) is 0 Å². The number of benzene rings is 1. The molecule has 124 valence electrons. The molecule has 0 fully saturated rings. The van der Waals surface area contributed by atoms with Gasteiger partial charge in [-0.1, -0.05) is 43.7 Å². The smallest absolute Gasteiger partial charge is 0.0991 e. The molecule has 0 aliphatic rings. The van der Waals surface area contributed by atoms with Crippen LogP contribution in [0.2, 0.25) is 0 Å². The topological polar surface area (TPSA) is 39.6 Å². The van der Waals surface area contributed by atoms with E-state index in [0.29, 0.717) is 11.5 Å². The molecule has 1 unspecified atom stereocenters. The van der Waals surface area contributed by atoms with Gasteiger partial charge in [-0.2, -0.15) is 5.26 Å². The quantitative estimate of drug-likeness (QED) is 0.633. The van der Waals surface area contributed by atoms with Gasteiger partial charge in [0.25, 0.3) is 0 Å². The van der Waals surface area contributed by atoms with Gasteiger partial charge in [0.05, 0.1) is 11.6 Å². The maximum Gasteiger partial charge on any atom is 0.0991 e. The Morgan fingerprint density at radius 2 is 1.92 bits per heavy atom. The highest BCUT2D eigenvalue weighted by atomic mass is 14.7. The first-order valence-electron chi connectivity index (χ1n) is 8.54. The van der Waals surface area contributed by atoms with Gasteiger partial charge in [-0.3, -0.25) is 0 Å². The highest BCUT2D eigenvalue weighted by Crippen LogP contribution is 2.33. The molecule has 1 N–H and O–H groups in total.